The molecule has 2 aromatic heterocycles. The monoisotopic (exact) mass is 534 g/mol. The summed E-state index contributed by atoms with van der Waals surface area (Å²) in [4.78, 5) is 29.7. The number of fused-ring (bicyclic) bond motifs is 1. The van der Waals surface area contributed by atoms with Crippen LogP contribution in [0.1, 0.15) is 45.4 Å². The van der Waals surface area contributed by atoms with Gasteiger partial charge in [0, 0.05) is 40.4 Å². The summed E-state index contributed by atoms with van der Waals surface area (Å²) in [6.07, 6.45) is 5.09. The Balaban J connectivity index is 1.38. The number of hydrogen-bond acceptors (Lipinski definition) is 8. The number of rotatable bonds is 5. The number of hydrogen-bond donors (Lipinski definition) is 0. The minimum atomic E-state index is -0.407. The molecule has 1 amide bonds. The second kappa shape index (κ2) is 10.2. The van der Waals surface area contributed by atoms with Crippen molar-refractivity contribution in [3.8, 4) is 0 Å². The average molecular weight is 535 g/mol. The Bertz CT molecular complexity index is 1360. The van der Waals surface area contributed by atoms with Gasteiger partial charge in [-0.15, -0.1) is 22.7 Å². The Kier molecular flexibility index (Phi) is 6.62. The lowest BCUT2D eigenvalue weighted by atomic mass is 9.79. The number of allylic oxidation sites excluding steroid dienone is 1. The largest absolute Gasteiger partial charge is 0.378 e. The predicted octanol–water partition coefficient (Wildman–Crippen LogP) is 5.99. The molecule has 0 unspecified atom stereocenters. The molecule has 1 saturated carbocycles. The number of amides is 1. The fraction of sp³-hybridized carbons (Fsp3) is 0.333. The number of thiophene rings is 2. The maximum absolute atomic E-state index is 13.9. The number of carbonyl (C=O) groups is 1. The number of morpholine rings is 1. The molecule has 4 heterocycles. The van der Waals surface area contributed by atoms with Crippen molar-refractivity contribution in [3.05, 3.63) is 84.2 Å². The van der Waals surface area contributed by atoms with Gasteiger partial charge in [0.25, 0.3) is 11.6 Å². The van der Waals surface area contributed by atoms with Gasteiger partial charge in [0.2, 0.25) is 0 Å². The van der Waals surface area contributed by atoms with Crippen molar-refractivity contribution in [1.29, 1.82) is 0 Å². The SMILES string of the molecule is O=C(c1ccc(N2CCOCC2)c([N+](=O)[O-])c1)N1N=C2/C(=C\c3cccs3)CCC[C@H]2[C@H]1c1cccs1. The van der Waals surface area contributed by atoms with E-state index in [0.717, 1.165) is 29.9 Å². The van der Waals surface area contributed by atoms with Gasteiger partial charge in [0.1, 0.15) is 5.69 Å². The number of ether oxygens (including phenoxy) is 1. The normalized spacial score (nSPS) is 22.7. The minimum absolute atomic E-state index is 0.0667. The third kappa shape index (κ3) is 4.60. The molecule has 0 N–H and O–H groups in total. The second-order valence-electron chi connectivity index (χ2n) is 9.34. The van der Waals surface area contributed by atoms with Crippen molar-refractivity contribution in [2.45, 2.75) is 25.3 Å². The number of hydrazone groups is 1. The van der Waals surface area contributed by atoms with Gasteiger partial charge in [-0.3, -0.25) is 14.9 Å². The maximum Gasteiger partial charge on any atom is 0.293 e. The third-order valence-corrected chi connectivity index (χ3v) is 8.94. The van der Waals surface area contributed by atoms with E-state index in [-0.39, 0.29) is 29.1 Å². The van der Waals surface area contributed by atoms with Crippen molar-refractivity contribution in [1.82, 2.24) is 5.01 Å². The Hall–Kier alpha value is -3.34. The van der Waals surface area contributed by atoms with Gasteiger partial charge in [-0.2, -0.15) is 5.10 Å². The Labute approximate surface area is 222 Å². The fourth-order valence-electron chi connectivity index (χ4n) is 5.46. The summed E-state index contributed by atoms with van der Waals surface area (Å²) in [5, 5.41) is 22.6. The second-order valence-corrected chi connectivity index (χ2v) is 11.3. The average Bonchev–Trinajstić information content (AvgIpc) is 3.70. The van der Waals surface area contributed by atoms with Crippen LogP contribution >= 0.6 is 22.7 Å². The van der Waals surface area contributed by atoms with Crippen LogP contribution < -0.4 is 4.90 Å². The molecule has 1 aromatic carbocycles. The van der Waals surface area contributed by atoms with E-state index < -0.39 is 4.92 Å². The van der Waals surface area contributed by atoms with Crippen LogP contribution in [-0.2, 0) is 4.74 Å². The molecule has 2 aliphatic heterocycles. The highest BCUT2D eigenvalue weighted by molar-refractivity contribution is 7.11. The van der Waals surface area contributed by atoms with E-state index >= 15 is 0 Å². The summed E-state index contributed by atoms with van der Waals surface area (Å²) < 4.78 is 5.40. The van der Waals surface area contributed by atoms with Gasteiger partial charge < -0.3 is 9.64 Å². The molecule has 1 saturated heterocycles. The highest BCUT2D eigenvalue weighted by atomic mass is 32.1. The Morgan fingerprint density at radius 3 is 2.68 bits per heavy atom. The molecule has 10 heteroatoms. The summed E-state index contributed by atoms with van der Waals surface area (Å²) in [5.41, 5.74) is 2.86. The van der Waals surface area contributed by atoms with Gasteiger partial charge in [-0.1, -0.05) is 12.1 Å². The van der Waals surface area contributed by atoms with Crippen LogP contribution in [0.25, 0.3) is 6.08 Å². The van der Waals surface area contributed by atoms with Crippen LogP contribution in [0.4, 0.5) is 11.4 Å². The Morgan fingerprint density at radius 1 is 1.14 bits per heavy atom. The van der Waals surface area contributed by atoms with Gasteiger partial charge >= 0.3 is 0 Å². The van der Waals surface area contributed by atoms with Gasteiger partial charge in [0.15, 0.2) is 0 Å². The molecule has 8 nitrogen and oxygen atoms in total. The molecule has 1 aliphatic carbocycles. The van der Waals surface area contributed by atoms with Crippen LogP contribution in [0.3, 0.4) is 0 Å². The summed E-state index contributed by atoms with van der Waals surface area (Å²) in [7, 11) is 0. The lowest BCUT2D eigenvalue weighted by Gasteiger charge is -2.29. The first-order valence-corrected chi connectivity index (χ1v) is 14.2. The zero-order valence-corrected chi connectivity index (χ0v) is 21.7. The molecule has 37 heavy (non-hydrogen) atoms. The first kappa shape index (κ1) is 24.0. The van der Waals surface area contributed by atoms with E-state index in [1.54, 1.807) is 39.8 Å². The van der Waals surface area contributed by atoms with Crippen LogP contribution in [-0.4, -0.2) is 47.9 Å². The molecule has 3 aromatic rings. The molecular formula is C27H26N4O4S2. The lowest BCUT2D eigenvalue weighted by Crippen LogP contribution is -2.36. The van der Waals surface area contributed by atoms with Crippen molar-refractivity contribution >= 4 is 51.7 Å². The van der Waals surface area contributed by atoms with Crippen molar-refractivity contribution in [3.63, 3.8) is 0 Å². The number of benzene rings is 1. The van der Waals surface area contributed by atoms with Crippen LogP contribution in [0.2, 0.25) is 0 Å². The summed E-state index contributed by atoms with van der Waals surface area (Å²) in [6.45, 7) is 2.20. The summed E-state index contributed by atoms with van der Waals surface area (Å²) in [6, 6.07) is 12.7. The molecule has 2 atom stereocenters. The third-order valence-electron chi connectivity index (χ3n) is 7.17. The molecule has 0 radical (unpaired) electrons. The number of nitro benzene ring substituents is 1. The minimum Gasteiger partial charge on any atom is -0.378 e. The first-order valence-electron chi connectivity index (χ1n) is 12.4. The van der Waals surface area contributed by atoms with Crippen LogP contribution in [0.15, 0.2) is 63.9 Å². The zero-order valence-electron chi connectivity index (χ0n) is 20.1. The van der Waals surface area contributed by atoms with Gasteiger partial charge in [-0.05, 0) is 65.9 Å². The zero-order chi connectivity index (χ0) is 25.4. The quantitative estimate of drug-likeness (QED) is 0.296. The van der Waals surface area contributed by atoms with Gasteiger partial charge in [-0.25, -0.2) is 5.01 Å². The summed E-state index contributed by atoms with van der Waals surface area (Å²) >= 11 is 3.30. The van der Waals surface area contributed by atoms with Crippen LogP contribution in [0, 0.1) is 16.0 Å². The molecular weight excluding hydrogens is 508 g/mol. The highest BCUT2D eigenvalue weighted by Crippen LogP contribution is 2.46. The number of carbonyl (C=O) groups excluding carboxylic acids is 1. The highest BCUT2D eigenvalue weighted by Gasteiger charge is 2.44. The first-order chi connectivity index (χ1) is 18.1. The molecule has 2 fully saturated rings. The lowest BCUT2D eigenvalue weighted by molar-refractivity contribution is -0.384. The molecule has 3 aliphatic rings. The Morgan fingerprint density at radius 2 is 1.95 bits per heavy atom. The topological polar surface area (TPSA) is 88.3 Å². The van der Waals surface area contributed by atoms with E-state index in [2.05, 4.69) is 23.6 Å². The molecule has 0 spiro atoms. The molecule has 0 bridgehead atoms. The van der Waals surface area contributed by atoms with Crippen molar-refractivity contribution in [2.75, 3.05) is 31.2 Å². The van der Waals surface area contributed by atoms with E-state index in [4.69, 9.17) is 9.84 Å². The number of nitrogens with zero attached hydrogens (tertiary/aromatic N) is 4. The van der Waals surface area contributed by atoms with E-state index in [9.17, 15) is 14.9 Å². The van der Waals surface area contributed by atoms with E-state index in [0.29, 0.717) is 32.0 Å². The van der Waals surface area contributed by atoms with Gasteiger partial charge in [0.05, 0.1) is 29.9 Å². The van der Waals surface area contributed by atoms with E-state index in [1.807, 2.05) is 22.4 Å². The molecule has 6 rings (SSSR count). The predicted molar refractivity (Wildman–Crippen MR) is 146 cm³/mol. The smallest absolute Gasteiger partial charge is 0.293 e. The number of anilines is 1. The number of nitro groups is 1. The maximum atomic E-state index is 13.9. The van der Waals surface area contributed by atoms with Crippen LogP contribution in [0.5, 0.6) is 0 Å². The van der Waals surface area contributed by atoms with Crippen molar-refractivity contribution < 1.29 is 14.5 Å². The summed E-state index contributed by atoms with van der Waals surface area (Å²) in [5.74, 6) is -0.211. The standard InChI is InChI=1S/C27H26N4O4S2/c32-27(19-8-9-22(23(17-19)31(33)34)29-10-12-35-13-11-29)30-26(24-7-3-15-37-24)21-6-1-4-18(25(21)28-30)16-20-5-2-14-36-20/h2-3,5,7-9,14-17,21,26H,1,4,6,10-13H2/b18-16-/t21-,26+/m1/s1. The molecule has 190 valence electrons. The fourth-order valence-corrected chi connectivity index (χ4v) is 7.01. The van der Waals surface area contributed by atoms with E-state index in [1.165, 1.54) is 16.5 Å². The van der Waals surface area contributed by atoms with Crippen molar-refractivity contribution in [2.24, 2.45) is 11.0 Å².